The fourth-order valence-electron chi connectivity index (χ4n) is 5.39. The van der Waals surface area contributed by atoms with Gasteiger partial charge in [-0.3, -0.25) is 0 Å². The maximum Gasteiger partial charge on any atom is 0.335 e. The molecule has 2 N–H and O–H groups in total. The molecule has 0 atom stereocenters. The van der Waals surface area contributed by atoms with E-state index in [-0.39, 0.29) is 11.3 Å². The standard InChI is InChI=1S/C33H20O3/c34-32-11-10-24(33(35)36)16-31(32)27-7-3-6-21-14-22-8-9-23-15-25-12-19-4-1-2-5-20(19)13-26(25)17-28(23)30(22)18-29(21)27/h1-18,34H,(H,35,36). The SMILES string of the molecule is O=C(O)c1ccc(O)c(-c2cccc3cc4ccc5cc6cc7ccccc7cc6cc5c4cc23)c1. The molecule has 7 aromatic carbocycles. The zero-order valence-corrected chi connectivity index (χ0v) is 19.2. The third-order valence-corrected chi connectivity index (χ3v) is 7.19. The molecule has 170 valence electrons. The number of carbonyl (C=O) groups is 1. The third-order valence-electron chi connectivity index (χ3n) is 7.19. The molecule has 0 fully saturated rings. The van der Waals surface area contributed by atoms with E-state index >= 15 is 0 Å². The van der Waals surface area contributed by atoms with Crippen molar-refractivity contribution in [3.8, 4) is 16.9 Å². The zero-order chi connectivity index (χ0) is 24.4. The first kappa shape index (κ1) is 20.5. The fourth-order valence-corrected chi connectivity index (χ4v) is 5.39. The summed E-state index contributed by atoms with van der Waals surface area (Å²) in [5.74, 6) is -0.962. The summed E-state index contributed by atoms with van der Waals surface area (Å²) in [5, 5.41) is 31.5. The number of carboxylic acids is 1. The summed E-state index contributed by atoms with van der Waals surface area (Å²) in [5.41, 5.74) is 1.46. The first-order chi connectivity index (χ1) is 17.5. The van der Waals surface area contributed by atoms with E-state index in [1.54, 1.807) is 6.07 Å². The molecular formula is C33H20O3. The average molecular weight is 465 g/mol. The number of rotatable bonds is 2. The van der Waals surface area contributed by atoms with Gasteiger partial charge >= 0.3 is 5.97 Å². The van der Waals surface area contributed by atoms with Crippen molar-refractivity contribution >= 4 is 59.8 Å². The van der Waals surface area contributed by atoms with Crippen molar-refractivity contribution < 1.29 is 15.0 Å². The molecule has 7 rings (SSSR count). The van der Waals surface area contributed by atoms with Gasteiger partial charge in [-0.2, -0.15) is 0 Å². The van der Waals surface area contributed by atoms with Gasteiger partial charge in [-0.15, -0.1) is 0 Å². The maximum absolute atomic E-state index is 11.6. The molecule has 0 saturated heterocycles. The Kier molecular flexibility index (Phi) is 4.30. The van der Waals surface area contributed by atoms with Gasteiger partial charge in [0, 0.05) is 5.56 Å². The molecule has 0 amide bonds. The van der Waals surface area contributed by atoms with Gasteiger partial charge in [0.05, 0.1) is 5.56 Å². The van der Waals surface area contributed by atoms with Crippen LogP contribution < -0.4 is 0 Å². The minimum atomic E-state index is -1.02. The van der Waals surface area contributed by atoms with Gasteiger partial charge in [-0.25, -0.2) is 4.79 Å². The summed E-state index contributed by atoms with van der Waals surface area (Å²) in [6.45, 7) is 0. The van der Waals surface area contributed by atoms with Gasteiger partial charge in [-0.05, 0) is 114 Å². The fraction of sp³-hybridized carbons (Fsp3) is 0. The molecule has 36 heavy (non-hydrogen) atoms. The van der Waals surface area contributed by atoms with E-state index in [0.717, 1.165) is 37.9 Å². The van der Waals surface area contributed by atoms with Gasteiger partial charge in [0.1, 0.15) is 5.75 Å². The summed E-state index contributed by atoms with van der Waals surface area (Å²) in [4.78, 5) is 11.6. The van der Waals surface area contributed by atoms with Crippen LogP contribution in [0.15, 0.2) is 109 Å². The Morgan fingerprint density at radius 2 is 1.06 bits per heavy atom. The molecule has 3 heteroatoms. The van der Waals surface area contributed by atoms with Crippen LogP contribution in [0.1, 0.15) is 10.4 Å². The Balaban J connectivity index is 1.55. The van der Waals surface area contributed by atoms with Gasteiger partial charge in [0.2, 0.25) is 0 Å². The molecular weight excluding hydrogens is 444 g/mol. The van der Waals surface area contributed by atoms with Crippen LogP contribution in [0.2, 0.25) is 0 Å². The Morgan fingerprint density at radius 3 is 1.78 bits per heavy atom. The smallest absolute Gasteiger partial charge is 0.335 e. The summed E-state index contributed by atoms with van der Waals surface area (Å²) in [6.07, 6.45) is 0. The quantitative estimate of drug-likeness (QED) is 0.199. The molecule has 7 aromatic rings. The molecule has 0 unspecified atom stereocenters. The normalized spacial score (nSPS) is 11.7. The number of phenolic OH excluding ortho intramolecular Hbond substituents is 1. The van der Waals surface area contributed by atoms with Crippen molar-refractivity contribution in [3.63, 3.8) is 0 Å². The Morgan fingerprint density at radius 1 is 0.472 bits per heavy atom. The van der Waals surface area contributed by atoms with E-state index in [2.05, 4.69) is 72.8 Å². The Hall–Kier alpha value is -4.89. The largest absolute Gasteiger partial charge is 0.507 e. The monoisotopic (exact) mass is 464 g/mol. The lowest BCUT2D eigenvalue weighted by Crippen LogP contribution is -1.96. The highest BCUT2D eigenvalue weighted by molar-refractivity contribution is 6.17. The molecule has 0 aliphatic heterocycles. The lowest BCUT2D eigenvalue weighted by Gasteiger charge is -2.13. The summed E-state index contributed by atoms with van der Waals surface area (Å²) in [6, 6.07) is 36.4. The molecule has 0 saturated carbocycles. The van der Waals surface area contributed by atoms with E-state index < -0.39 is 5.97 Å². The van der Waals surface area contributed by atoms with Gasteiger partial charge in [0.15, 0.2) is 0 Å². The topological polar surface area (TPSA) is 57.5 Å². The van der Waals surface area contributed by atoms with Crippen LogP contribution in [0.5, 0.6) is 5.75 Å². The second-order valence-corrected chi connectivity index (χ2v) is 9.32. The third kappa shape index (κ3) is 3.10. The molecule has 0 spiro atoms. The Labute approximate surface area is 206 Å². The number of phenols is 1. The first-order valence-electron chi connectivity index (χ1n) is 11.8. The number of fused-ring (bicyclic) bond motifs is 6. The maximum atomic E-state index is 11.6. The van der Waals surface area contributed by atoms with Crippen LogP contribution in [0.25, 0.3) is 65.0 Å². The highest BCUT2D eigenvalue weighted by Gasteiger charge is 2.14. The number of aromatic hydroxyl groups is 1. The predicted molar refractivity (Wildman–Crippen MR) is 148 cm³/mol. The lowest BCUT2D eigenvalue weighted by atomic mass is 9.91. The van der Waals surface area contributed by atoms with Crippen LogP contribution in [0.3, 0.4) is 0 Å². The van der Waals surface area contributed by atoms with Crippen molar-refractivity contribution in [2.24, 2.45) is 0 Å². The minimum absolute atomic E-state index is 0.0587. The van der Waals surface area contributed by atoms with Gasteiger partial charge < -0.3 is 10.2 Å². The summed E-state index contributed by atoms with van der Waals surface area (Å²) < 4.78 is 0. The number of hydrogen-bond acceptors (Lipinski definition) is 2. The van der Waals surface area contributed by atoms with Crippen LogP contribution in [-0.4, -0.2) is 16.2 Å². The highest BCUT2D eigenvalue weighted by atomic mass is 16.4. The van der Waals surface area contributed by atoms with E-state index in [1.807, 2.05) is 18.2 Å². The molecule has 0 heterocycles. The second-order valence-electron chi connectivity index (χ2n) is 9.32. The first-order valence-corrected chi connectivity index (χ1v) is 11.8. The van der Waals surface area contributed by atoms with Crippen LogP contribution in [0, 0.1) is 0 Å². The van der Waals surface area contributed by atoms with Gasteiger partial charge in [-0.1, -0.05) is 54.6 Å². The van der Waals surface area contributed by atoms with E-state index in [9.17, 15) is 15.0 Å². The summed E-state index contributed by atoms with van der Waals surface area (Å²) in [7, 11) is 0. The van der Waals surface area contributed by atoms with Crippen molar-refractivity contribution in [3.05, 3.63) is 115 Å². The molecule has 0 aliphatic carbocycles. The molecule has 0 aromatic heterocycles. The molecule has 0 bridgehead atoms. The molecule has 0 aliphatic rings. The van der Waals surface area contributed by atoms with Gasteiger partial charge in [0.25, 0.3) is 0 Å². The van der Waals surface area contributed by atoms with Crippen molar-refractivity contribution in [2.45, 2.75) is 0 Å². The average Bonchev–Trinajstić information content (AvgIpc) is 2.89. The van der Waals surface area contributed by atoms with Crippen LogP contribution >= 0.6 is 0 Å². The number of hydrogen-bond donors (Lipinski definition) is 2. The number of aromatic carboxylic acids is 1. The van der Waals surface area contributed by atoms with Crippen molar-refractivity contribution in [1.82, 2.24) is 0 Å². The van der Waals surface area contributed by atoms with Crippen LogP contribution in [-0.2, 0) is 0 Å². The van der Waals surface area contributed by atoms with E-state index in [0.29, 0.717) is 5.56 Å². The van der Waals surface area contributed by atoms with E-state index in [4.69, 9.17) is 0 Å². The second kappa shape index (κ2) is 7.56. The van der Waals surface area contributed by atoms with E-state index in [1.165, 1.54) is 33.7 Å². The highest BCUT2D eigenvalue weighted by Crippen LogP contribution is 2.39. The lowest BCUT2D eigenvalue weighted by molar-refractivity contribution is 0.0697. The predicted octanol–water partition coefficient (Wildman–Crippen LogP) is 8.52. The molecule has 3 nitrogen and oxygen atoms in total. The number of benzene rings is 7. The zero-order valence-electron chi connectivity index (χ0n) is 19.2. The van der Waals surface area contributed by atoms with Crippen LogP contribution in [0.4, 0.5) is 0 Å². The Bertz CT molecular complexity index is 2040. The minimum Gasteiger partial charge on any atom is -0.507 e. The molecule has 0 radical (unpaired) electrons. The summed E-state index contributed by atoms with van der Waals surface area (Å²) >= 11 is 0. The van der Waals surface area contributed by atoms with Crippen molar-refractivity contribution in [1.29, 1.82) is 0 Å². The number of carboxylic acid groups (broad SMARTS) is 1. The van der Waals surface area contributed by atoms with Crippen molar-refractivity contribution in [2.75, 3.05) is 0 Å².